The number of phenols is 1. The van der Waals surface area contributed by atoms with Crippen LogP contribution >= 0.6 is 0 Å². The minimum atomic E-state index is 0.0198. The number of phenolic OH excluding ortho intramolecular Hbond substituents is 1. The van der Waals surface area contributed by atoms with Crippen molar-refractivity contribution in [3.8, 4) is 5.75 Å². The lowest BCUT2D eigenvalue weighted by Gasteiger charge is -2.26. The van der Waals surface area contributed by atoms with E-state index in [-0.39, 0.29) is 17.8 Å². The summed E-state index contributed by atoms with van der Waals surface area (Å²) in [6, 6.07) is 7.14. The number of nitrogens with zero attached hydrogens (tertiary/aromatic N) is 2. The maximum Gasteiger partial charge on any atom is 0.227 e. The van der Waals surface area contributed by atoms with Gasteiger partial charge in [-0.1, -0.05) is 18.2 Å². The number of H-pyrrole nitrogens is 1. The van der Waals surface area contributed by atoms with Crippen LogP contribution in [0.15, 0.2) is 24.3 Å². The van der Waals surface area contributed by atoms with E-state index < -0.39 is 0 Å². The molecule has 2 heterocycles. The second-order valence-corrected chi connectivity index (χ2v) is 6.63. The zero-order chi connectivity index (χ0) is 17.8. The van der Waals surface area contributed by atoms with Crippen molar-refractivity contribution >= 4 is 5.91 Å². The van der Waals surface area contributed by atoms with E-state index in [1.54, 1.807) is 17.0 Å². The fraction of sp³-hybridized carbons (Fsp3) is 0.474. The maximum absolute atomic E-state index is 13.0. The largest absolute Gasteiger partial charge is 0.508 e. The van der Waals surface area contributed by atoms with Crippen LogP contribution in [0.2, 0.25) is 0 Å². The molecule has 1 saturated heterocycles. The third-order valence-electron chi connectivity index (χ3n) is 4.76. The first-order chi connectivity index (χ1) is 12.0. The van der Waals surface area contributed by atoms with Gasteiger partial charge in [0, 0.05) is 36.5 Å². The average molecular weight is 343 g/mol. The van der Waals surface area contributed by atoms with E-state index in [0.29, 0.717) is 19.5 Å². The number of aromatic hydroxyl groups is 1. The van der Waals surface area contributed by atoms with E-state index in [0.717, 1.165) is 42.0 Å². The van der Waals surface area contributed by atoms with Gasteiger partial charge < -0.3 is 14.7 Å². The molecule has 0 spiro atoms. The number of para-hydroxylation sites is 1. The first-order valence-electron chi connectivity index (χ1n) is 8.71. The summed E-state index contributed by atoms with van der Waals surface area (Å²) in [6.07, 6.45) is 2.37. The summed E-state index contributed by atoms with van der Waals surface area (Å²) in [5.41, 5.74) is 3.46. The topological polar surface area (TPSA) is 78.5 Å². The van der Waals surface area contributed by atoms with Gasteiger partial charge in [-0.05, 0) is 32.8 Å². The monoisotopic (exact) mass is 343 g/mol. The number of hydrogen-bond acceptors (Lipinski definition) is 4. The summed E-state index contributed by atoms with van der Waals surface area (Å²) < 4.78 is 5.71. The van der Waals surface area contributed by atoms with Crippen molar-refractivity contribution in [3.05, 3.63) is 46.8 Å². The van der Waals surface area contributed by atoms with Crippen LogP contribution in [0.5, 0.6) is 5.75 Å². The first-order valence-corrected chi connectivity index (χ1v) is 8.71. The van der Waals surface area contributed by atoms with Crippen LogP contribution in [-0.2, 0) is 22.5 Å². The molecule has 0 saturated carbocycles. The second-order valence-electron chi connectivity index (χ2n) is 6.63. The third-order valence-corrected chi connectivity index (χ3v) is 4.76. The van der Waals surface area contributed by atoms with Gasteiger partial charge in [-0.15, -0.1) is 0 Å². The lowest BCUT2D eigenvalue weighted by molar-refractivity contribution is -0.132. The average Bonchev–Trinajstić information content (AvgIpc) is 3.21. The molecule has 2 aromatic rings. The molecule has 0 radical (unpaired) electrons. The number of nitrogens with one attached hydrogen (secondary N) is 1. The van der Waals surface area contributed by atoms with E-state index in [1.807, 2.05) is 26.0 Å². The molecular weight excluding hydrogens is 318 g/mol. The lowest BCUT2D eigenvalue weighted by atomic mass is 10.1. The van der Waals surface area contributed by atoms with Crippen molar-refractivity contribution in [1.82, 2.24) is 15.1 Å². The van der Waals surface area contributed by atoms with Crippen LogP contribution in [0.1, 0.15) is 35.4 Å². The molecule has 1 aromatic carbocycles. The minimum absolute atomic E-state index is 0.0198. The zero-order valence-electron chi connectivity index (χ0n) is 14.8. The Morgan fingerprint density at radius 3 is 2.84 bits per heavy atom. The molecule has 0 aliphatic carbocycles. The number of ether oxygens (including phenoxy) is 1. The van der Waals surface area contributed by atoms with E-state index in [4.69, 9.17) is 4.74 Å². The predicted molar refractivity (Wildman–Crippen MR) is 94.3 cm³/mol. The molecule has 0 unspecified atom stereocenters. The van der Waals surface area contributed by atoms with E-state index in [9.17, 15) is 9.90 Å². The lowest BCUT2D eigenvalue weighted by Crippen LogP contribution is -2.38. The van der Waals surface area contributed by atoms with Crippen molar-refractivity contribution in [2.45, 2.75) is 45.8 Å². The van der Waals surface area contributed by atoms with Gasteiger partial charge >= 0.3 is 0 Å². The molecule has 1 amide bonds. The Kier molecular flexibility index (Phi) is 5.38. The number of carbonyl (C=O) groups excluding carboxylic acids is 1. The summed E-state index contributed by atoms with van der Waals surface area (Å²) in [7, 11) is 0. The minimum Gasteiger partial charge on any atom is -0.508 e. The summed E-state index contributed by atoms with van der Waals surface area (Å²) in [4.78, 5) is 14.8. The molecule has 1 aliphatic heterocycles. The van der Waals surface area contributed by atoms with Crippen molar-refractivity contribution in [1.29, 1.82) is 0 Å². The number of hydrogen-bond donors (Lipinski definition) is 2. The van der Waals surface area contributed by atoms with Crippen LogP contribution < -0.4 is 0 Å². The SMILES string of the molecule is Cc1n[nH]c(C)c1CC(=O)N(Cc1ccccc1O)C[C@H]1CCCO1. The highest BCUT2D eigenvalue weighted by atomic mass is 16.5. The summed E-state index contributed by atoms with van der Waals surface area (Å²) >= 11 is 0. The molecule has 1 aliphatic rings. The normalized spacial score (nSPS) is 17.0. The molecule has 1 aromatic heterocycles. The highest BCUT2D eigenvalue weighted by Crippen LogP contribution is 2.21. The van der Waals surface area contributed by atoms with Gasteiger partial charge in [0.1, 0.15) is 5.75 Å². The number of carbonyl (C=O) groups is 1. The Hall–Kier alpha value is -2.34. The van der Waals surface area contributed by atoms with Gasteiger partial charge in [-0.2, -0.15) is 5.10 Å². The number of benzene rings is 1. The highest BCUT2D eigenvalue weighted by Gasteiger charge is 2.24. The molecule has 6 heteroatoms. The quantitative estimate of drug-likeness (QED) is 0.845. The van der Waals surface area contributed by atoms with Gasteiger partial charge in [-0.25, -0.2) is 0 Å². The van der Waals surface area contributed by atoms with Gasteiger partial charge in [0.25, 0.3) is 0 Å². The standard InChI is InChI=1S/C19H25N3O3/c1-13-17(14(2)21-20-13)10-19(24)22(12-16-7-5-9-25-16)11-15-6-3-4-8-18(15)23/h3-4,6,8,16,23H,5,7,9-12H2,1-2H3,(H,20,21)/t16-/m1/s1. The fourth-order valence-electron chi connectivity index (χ4n) is 3.24. The third kappa shape index (κ3) is 4.20. The summed E-state index contributed by atoms with van der Waals surface area (Å²) in [5, 5.41) is 17.2. The van der Waals surface area contributed by atoms with E-state index in [1.165, 1.54) is 0 Å². The first kappa shape index (κ1) is 17.5. The smallest absolute Gasteiger partial charge is 0.227 e. The van der Waals surface area contributed by atoms with Crippen molar-refractivity contribution in [3.63, 3.8) is 0 Å². The van der Waals surface area contributed by atoms with Crippen LogP contribution in [0.25, 0.3) is 0 Å². The van der Waals surface area contributed by atoms with Gasteiger partial charge in [0.15, 0.2) is 0 Å². The zero-order valence-corrected chi connectivity index (χ0v) is 14.8. The van der Waals surface area contributed by atoms with Crippen molar-refractivity contribution in [2.24, 2.45) is 0 Å². The summed E-state index contributed by atoms with van der Waals surface area (Å²) in [6.45, 7) is 5.50. The molecule has 0 bridgehead atoms. The van der Waals surface area contributed by atoms with Gasteiger partial charge in [0.2, 0.25) is 5.91 Å². The molecule has 1 fully saturated rings. The second kappa shape index (κ2) is 7.70. The van der Waals surface area contributed by atoms with Gasteiger partial charge in [-0.3, -0.25) is 9.89 Å². The molecule has 1 atom stereocenters. The number of rotatable bonds is 6. The highest BCUT2D eigenvalue weighted by molar-refractivity contribution is 5.79. The van der Waals surface area contributed by atoms with Crippen LogP contribution in [0.4, 0.5) is 0 Å². The van der Waals surface area contributed by atoms with E-state index in [2.05, 4.69) is 10.2 Å². The number of aryl methyl sites for hydroxylation is 2. The Bertz CT molecular complexity index is 716. The Labute approximate surface area is 147 Å². The molecule has 2 N–H and O–H groups in total. The molecule has 3 rings (SSSR count). The predicted octanol–water partition coefficient (Wildman–Crippen LogP) is 2.48. The maximum atomic E-state index is 13.0. The fourth-order valence-corrected chi connectivity index (χ4v) is 3.24. The molecular formula is C19H25N3O3. The number of aromatic nitrogens is 2. The van der Waals surface area contributed by atoms with Crippen LogP contribution in [0.3, 0.4) is 0 Å². The Morgan fingerprint density at radius 1 is 1.40 bits per heavy atom. The Balaban J connectivity index is 1.77. The number of amides is 1. The molecule has 25 heavy (non-hydrogen) atoms. The van der Waals surface area contributed by atoms with Crippen LogP contribution in [0, 0.1) is 13.8 Å². The van der Waals surface area contributed by atoms with Crippen molar-refractivity contribution in [2.75, 3.05) is 13.2 Å². The van der Waals surface area contributed by atoms with E-state index >= 15 is 0 Å². The summed E-state index contributed by atoms with van der Waals surface area (Å²) in [5.74, 6) is 0.231. The van der Waals surface area contributed by atoms with Crippen molar-refractivity contribution < 1.29 is 14.6 Å². The van der Waals surface area contributed by atoms with Gasteiger partial charge in [0.05, 0.1) is 18.2 Å². The number of aromatic amines is 1. The molecule has 134 valence electrons. The Morgan fingerprint density at radius 2 is 2.20 bits per heavy atom. The van der Waals surface area contributed by atoms with Crippen LogP contribution in [-0.4, -0.2) is 45.4 Å². The molecule has 6 nitrogen and oxygen atoms in total.